The van der Waals surface area contributed by atoms with Gasteiger partial charge in [0.2, 0.25) is 11.8 Å². The van der Waals surface area contributed by atoms with Crippen molar-refractivity contribution in [2.24, 2.45) is 35.5 Å². The van der Waals surface area contributed by atoms with Gasteiger partial charge in [0.1, 0.15) is 5.75 Å². The lowest BCUT2D eigenvalue weighted by atomic mass is 9.63. The van der Waals surface area contributed by atoms with E-state index in [0.717, 1.165) is 11.4 Å². The van der Waals surface area contributed by atoms with Crippen molar-refractivity contribution < 1.29 is 14.3 Å². The fraction of sp³-hybridized carbons (Fsp3) is 0.474. The van der Waals surface area contributed by atoms with Crippen LogP contribution >= 0.6 is 0 Å². The van der Waals surface area contributed by atoms with E-state index < -0.39 is 0 Å². The molecule has 2 bridgehead atoms. The average molecular weight is 324 g/mol. The molecule has 124 valence electrons. The molecule has 0 aromatic heterocycles. The predicted octanol–water partition coefficient (Wildman–Crippen LogP) is 2.12. The van der Waals surface area contributed by atoms with Gasteiger partial charge in [-0.1, -0.05) is 12.2 Å². The normalized spacial score (nSPS) is 38.1. The summed E-state index contributed by atoms with van der Waals surface area (Å²) < 4.78 is 5.14. The van der Waals surface area contributed by atoms with Crippen LogP contribution in [-0.4, -0.2) is 30.5 Å². The van der Waals surface area contributed by atoms with Crippen molar-refractivity contribution in [2.75, 3.05) is 19.1 Å². The highest BCUT2D eigenvalue weighted by Crippen LogP contribution is 2.65. The first-order chi connectivity index (χ1) is 11.7. The molecule has 3 fully saturated rings. The lowest BCUT2D eigenvalue weighted by molar-refractivity contribution is -0.139. The summed E-state index contributed by atoms with van der Waals surface area (Å²) in [6.07, 6.45) is 5.59. The van der Waals surface area contributed by atoms with Crippen LogP contribution in [0.3, 0.4) is 0 Å². The number of hydrogen-bond donors (Lipinski definition) is 1. The number of imide groups is 1. The Bertz CT molecular complexity index is 705. The standard InChI is InChI=1S/C19H20N2O3/c1-24-11-4-2-10(3-5-11)20-9-21-18(22)16-12-6-7-13(15-8-14(12)15)17(16)19(21)23/h2-7,12-17,20H,8-9H2,1H3/t12-,13-,14-,15-,16+,17+/m0/s1. The number of nitrogens with one attached hydrogen (secondary N) is 1. The number of carbonyl (C=O) groups is 2. The number of methoxy groups -OCH3 is 1. The van der Waals surface area contributed by atoms with Crippen LogP contribution in [0.5, 0.6) is 5.75 Å². The number of nitrogens with zero attached hydrogens (tertiary/aromatic N) is 1. The summed E-state index contributed by atoms with van der Waals surface area (Å²) in [5, 5.41) is 3.19. The number of benzene rings is 1. The molecule has 6 atom stereocenters. The molecule has 5 nitrogen and oxygen atoms in total. The van der Waals surface area contributed by atoms with Crippen LogP contribution in [0.2, 0.25) is 0 Å². The molecule has 2 saturated carbocycles. The van der Waals surface area contributed by atoms with Crippen LogP contribution in [0.15, 0.2) is 36.4 Å². The topological polar surface area (TPSA) is 58.6 Å². The van der Waals surface area contributed by atoms with E-state index in [0.29, 0.717) is 11.8 Å². The summed E-state index contributed by atoms with van der Waals surface area (Å²) in [6, 6.07) is 7.48. The molecule has 1 heterocycles. The molecule has 1 aromatic rings. The summed E-state index contributed by atoms with van der Waals surface area (Å²) in [7, 11) is 1.62. The third kappa shape index (κ3) is 1.81. The molecule has 2 amide bonds. The number of rotatable bonds is 4. The molecule has 0 unspecified atom stereocenters. The van der Waals surface area contributed by atoms with Crippen LogP contribution in [-0.2, 0) is 9.59 Å². The Morgan fingerprint density at radius 3 is 2.17 bits per heavy atom. The highest BCUT2D eigenvalue weighted by atomic mass is 16.5. The molecule has 6 rings (SSSR count). The van der Waals surface area contributed by atoms with Gasteiger partial charge in [-0.15, -0.1) is 0 Å². The van der Waals surface area contributed by atoms with Gasteiger partial charge in [-0.05, 0) is 54.4 Å². The van der Waals surface area contributed by atoms with Crippen molar-refractivity contribution in [2.45, 2.75) is 6.42 Å². The predicted molar refractivity (Wildman–Crippen MR) is 88.0 cm³/mol. The maximum Gasteiger partial charge on any atom is 0.235 e. The van der Waals surface area contributed by atoms with E-state index in [9.17, 15) is 9.59 Å². The number of hydrogen-bond acceptors (Lipinski definition) is 4. The lowest BCUT2D eigenvalue weighted by Gasteiger charge is -2.37. The molecule has 1 aliphatic heterocycles. The average Bonchev–Trinajstić information content (AvgIpc) is 3.39. The highest BCUT2D eigenvalue weighted by Gasteiger charge is 2.66. The van der Waals surface area contributed by atoms with Crippen LogP contribution in [0.25, 0.3) is 0 Å². The maximum absolute atomic E-state index is 12.8. The zero-order valence-electron chi connectivity index (χ0n) is 13.5. The third-order valence-electron chi connectivity index (χ3n) is 6.29. The van der Waals surface area contributed by atoms with Gasteiger partial charge in [-0.2, -0.15) is 0 Å². The molecule has 1 aromatic carbocycles. The Balaban J connectivity index is 1.33. The van der Waals surface area contributed by atoms with E-state index in [4.69, 9.17) is 4.74 Å². The lowest BCUT2D eigenvalue weighted by Crippen LogP contribution is -2.40. The van der Waals surface area contributed by atoms with Gasteiger partial charge in [-0.25, -0.2) is 0 Å². The van der Waals surface area contributed by atoms with E-state index in [2.05, 4.69) is 17.5 Å². The van der Waals surface area contributed by atoms with Gasteiger partial charge >= 0.3 is 0 Å². The quantitative estimate of drug-likeness (QED) is 0.681. The Hall–Kier alpha value is -2.30. The SMILES string of the molecule is COc1ccc(NCN2C(=O)[C@@H]3[C@H]4C=C[C@@H]([C@@H]5C[C@@H]45)[C@H]3C2=O)cc1. The molecular formula is C19H20N2O3. The Morgan fingerprint density at radius 1 is 1.04 bits per heavy atom. The second kappa shape index (κ2) is 4.85. The molecule has 1 N–H and O–H groups in total. The number of allylic oxidation sites excluding steroid dienone is 2. The summed E-state index contributed by atoms with van der Waals surface area (Å²) in [4.78, 5) is 27.1. The van der Waals surface area contributed by atoms with E-state index in [1.54, 1.807) is 7.11 Å². The first kappa shape index (κ1) is 14.1. The van der Waals surface area contributed by atoms with E-state index in [1.807, 2.05) is 24.3 Å². The van der Waals surface area contributed by atoms with Gasteiger partial charge in [0.25, 0.3) is 0 Å². The zero-order valence-corrected chi connectivity index (χ0v) is 13.5. The fourth-order valence-corrected chi connectivity index (χ4v) is 5.05. The zero-order chi connectivity index (χ0) is 16.4. The van der Waals surface area contributed by atoms with Crippen LogP contribution < -0.4 is 10.1 Å². The maximum atomic E-state index is 12.8. The third-order valence-corrected chi connectivity index (χ3v) is 6.29. The van der Waals surface area contributed by atoms with Crippen molar-refractivity contribution in [3.05, 3.63) is 36.4 Å². The first-order valence-corrected chi connectivity index (χ1v) is 8.60. The summed E-state index contributed by atoms with van der Waals surface area (Å²) in [5.74, 6) is 2.43. The smallest absolute Gasteiger partial charge is 0.235 e. The number of amides is 2. The Labute approximate surface area is 140 Å². The molecule has 5 aliphatic rings. The minimum atomic E-state index is -0.117. The number of carbonyl (C=O) groups excluding carboxylic acids is 2. The Kier molecular flexibility index (Phi) is 2.84. The van der Waals surface area contributed by atoms with Crippen molar-refractivity contribution in [1.29, 1.82) is 0 Å². The monoisotopic (exact) mass is 324 g/mol. The van der Waals surface area contributed by atoms with Crippen molar-refractivity contribution in [1.82, 2.24) is 4.90 Å². The van der Waals surface area contributed by atoms with Gasteiger partial charge < -0.3 is 10.1 Å². The van der Waals surface area contributed by atoms with Crippen molar-refractivity contribution in [3.8, 4) is 5.75 Å². The minimum Gasteiger partial charge on any atom is -0.497 e. The number of ether oxygens (including phenoxy) is 1. The van der Waals surface area contributed by atoms with Crippen LogP contribution in [0.1, 0.15) is 6.42 Å². The van der Waals surface area contributed by atoms with E-state index >= 15 is 0 Å². The highest BCUT2D eigenvalue weighted by molar-refractivity contribution is 6.06. The first-order valence-electron chi connectivity index (χ1n) is 8.60. The van der Waals surface area contributed by atoms with Gasteiger partial charge in [0.15, 0.2) is 0 Å². The summed E-state index contributed by atoms with van der Waals surface area (Å²) in [6.45, 7) is 0.242. The molecule has 0 spiro atoms. The van der Waals surface area contributed by atoms with E-state index in [-0.39, 0.29) is 42.2 Å². The fourth-order valence-electron chi connectivity index (χ4n) is 5.05. The second-order valence-electron chi connectivity index (χ2n) is 7.32. The Morgan fingerprint density at radius 2 is 1.62 bits per heavy atom. The van der Waals surface area contributed by atoms with Crippen molar-refractivity contribution >= 4 is 17.5 Å². The summed E-state index contributed by atoms with van der Waals surface area (Å²) >= 11 is 0. The largest absolute Gasteiger partial charge is 0.497 e. The van der Waals surface area contributed by atoms with Crippen molar-refractivity contribution in [3.63, 3.8) is 0 Å². The molecule has 0 radical (unpaired) electrons. The summed E-state index contributed by atoms with van der Waals surface area (Å²) in [5.41, 5.74) is 0.871. The second-order valence-corrected chi connectivity index (χ2v) is 7.32. The van der Waals surface area contributed by atoms with Gasteiger partial charge in [0, 0.05) is 5.69 Å². The number of anilines is 1. The minimum absolute atomic E-state index is 0.00992. The molecule has 1 saturated heterocycles. The molecular weight excluding hydrogens is 304 g/mol. The molecule has 5 heteroatoms. The van der Waals surface area contributed by atoms with Gasteiger partial charge in [0.05, 0.1) is 25.6 Å². The van der Waals surface area contributed by atoms with Gasteiger partial charge in [-0.3, -0.25) is 14.5 Å². The van der Waals surface area contributed by atoms with Crippen LogP contribution in [0, 0.1) is 35.5 Å². The van der Waals surface area contributed by atoms with Crippen LogP contribution in [0.4, 0.5) is 5.69 Å². The molecule has 4 aliphatic carbocycles. The molecule has 24 heavy (non-hydrogen) atoms. The van der Waals surface area contributed by atoms with E-state index in [1.165, 1.54) is 11.3 Å². The number of likely N-dealkylation sites (tertiary alicyclic amines) is 1.